The summed E-state index contributed by atoms with van der Waals surface area (Å²) in [5.74, 6) is 0. The minimum Gasteiger partial charge on any atom is -0.389 e. The second-order valence-corrected chi connectivity index (χ2v) is 5.21. The highest BCUT2D eigenvalue weighted by atomic mass is 16.3. The van der Waals surface area contributed by atoms with Gasteiger partial charge in [0.15, 0.2) is 0 Å². The SMILES string of the molecule is OC1CCc2cccc3c2C1(O)c1ccccc1-3. The molecule has 0 fully saturated rings. The Balaban J connectivity index is 2.16. The maximum absolute atomic E-state index is 11.1. The smallest absolute Gasteiger partial charge is 0.142 e. The zero-order valence-corrected chi connectivity index (χ0v) is 9.93. The fourth-order valence-corrected chi connectivity index (χ4v) is 3.52. The van der Waals surface area contributed by atoms with Crippen molar-refractivity contribution in [2.24, 2.45) is 0 Å². The Bertz CT molecular complexity index is 647. The molecule has 0 heterocycles. The molecule has 2 aromatic carbocycles. The van der Waals surface area contributed by atoms with E-state index in [1.165, 1.54) is 0 Å². The fourth-order valence-electron chi connectivity index (χ4n) is 3.52. The molecule has 2 aliphatic rings. The zero-order chi connectivity index (χ0) is 12.3. The van der Waals surface area contributed by atoms with Crippen molar-refractivity contribution in [3.05, 3.63) is 59.2 Å². The predicted octanol–water partition coefficient (Wildman–Crippen LogP) is 2.21. The predicted molar refractivity (Wildman–Crippen MR) is 69.2 cm³/mol. The lowest BCUT2D eigenvalue weighted by Crippen LogP contribution is -2.42. The first-order valence-electron chi connectivity index (χ1n) is 6.35. The first kappa shape index (κ1) is 10.3. The van der Waals surface area contributed by atoms with E-state index in [-0.39, 0.29) is 0 Å². The number of aliphatic hydroxyl groups is 2. The van der Waals surface area contributed by atoms with Crippen LogP contribution >= 0.6 is 0 Å². The van der Waals surface area contributed by atoms with Gasteiger partial charge in [0.1, 0.15) is 5.60 Å². The van der Waals surface area contributed by atoms with Gasteiger partial charge in [0.25, 0.3) is 0 Å². The summed E-state index contributed by atoms with van der Waals surface area (Å²) in [5.41, 5.74) is 3.85. The molecular weight excluding hydrogens is 224 g/mol. The van der Waals surface area contributed by atoms with Gasteiger partial charge in [0.05, 0.1) is 6.10 Å². The summed E-state index contributed by atoms with van der Waals surface area (Å²) < 4.78 is 0. The van der Waals surface area contributed by atoms with Crippen LogP contribution in [-0.4, -0.2) is 16.3 Å². The van der Waals surface area contributed by atoms with Crippen molar-refractivity contribution >= 4 is 0 Å². The highest BCUT2D eigenvalue weighted by Crippen LogP contribution is 2.53. The van der Waals surface area contributed by atoms with Gasteiger partial charge in [0.2, 0.25) is 0 Å². The first-order chi connectivity index (χ1) is 8.73. The third-order valence-electron chi connectivity index (χ3n) is 4.33. The standard InChI is InChI=1S/C16H14O2/c17-14-9-8-10-4-3-6-12-11-5-1-2-7-13(11)16(14,18)15(10)12/h1-7,14,17-18H,8-9H2. The number of aryl methyl sites for hydroxylation is 1. The zero-order valence-electron chi connectivity index (χ0n) is 9.93. The lowest BCUT2D eigenvalue weighted by molar-refractivity contribution is -0.0566. The van der Waals surface area contributed by atoms with E-state index in [9.17, 15) is 10.2 Å². The summed E-state index contributed by atoms with van der Waals surface area (Å²) in [7, 11) is 0. The van der Waals surface area contributed by atoms with Crippen molar-refractivity contribution < 1.29 is 10.2 Å². The molecule has 2 nitrogen and oxygen atoms in total. The van der Waals surface area contributed by atoms with E-state index < -0.39 is 11.7 Å². The molecule has 0 saturated carbocycles. The number of fused-ring (bicyclic) bond motifs is 3. The van der Waals surface area contributed by atoms with Gasteiger partial charge < -0.3 is 10.2 Å². The van der Waals surface area contributed by atoms with Crippen molar-refractivity contribution in [3.8, 4) is 11.1 Å². The quantitative estimate of drug-likeness (QED) is 0.738. The van der Waals surface area contributed by atoms with E-state index in [4.69, 9.17) is 0 Å². The molecule has 90 valence electrons. The molecule has 0 amide bonds. The van der Waals surface area contributed by atoms with Gasteiger partial charge in [-0.15, -0.1) is 0 Å². The number of rotatable bonds is 0. The third-order valence-corrected chi connectivity index (χ3v) is 4.33. The van der Waals surface area contributed by atoms with E-state index >= 15 is 0 Å². The lowest BCUT2D eigenvalue weighted by Gasteiger charge is -2.36. The van der Waals surface area contributed by atoms with Crippen molar-refractivity contribution in [2.45, 2.75) is 24.5 Å². The van der Waals surface area contributed by atoms with Crippen molar-refractivity contribution in [2.75, 3.05) is 0 Å². The molecule has 2 aliphatic carbocycles. The van der Waals surface area contributed by atoms with Gasteiger partial charge >= 0.3 is 0 Å². The Morgan fingerprint density at radius 2 is 1.78 bits per heavy atom. The summed E-state index contributed by atoms with van der Waals surface area (Å²) in [6.07, 6.45) is 0.733. The van der Waals surface area contributed by atoms with Gasteiger partial charge in [-0.25, -0.2) is 0 Å². The topological polar surface area (TPSA) is 40.5 Å². The average molecular weight is 238 g/mol. The highest BCUT2D eigenvalue weighted by Gasteiger charge is 2.50. The number of benzene rings is 2. The molecule has 2 heteroatoms. The first-order valence-corrected chi connectivity index (χ1v) is 6.35. The molecule has 18 heavy (non-hydrogen) atoms. The molecule has 0 aromatic heterocycles. The maximum atomic E-state index is 11.1. The van der Waals surface area contributed by atoms with E-state index in [0.717, 1.165) is 34.2 Å². The van der Waals surface area contributed by atoms with Crippen molar-refractivity contribution in [1.82, 2.24) is 0 Å². The van der Waals surface area contributed by atoms with Crippen LogP contribution in [0.25, 0.3) is 11.1 Å². The van der Waals surface area contributed by atoms with Crippen LogP contribution in [0.2, 0.25) is 0 Å². The molecule has 2 unspecified atom stereocenters. The summed E-state index contributed by atoms with van der Waals surface area (Å²) in [5, 5.41) is 21.4. The number of hydrogen-bond donors (Lipinski definition) is 2. The van der Waals surface area contributed by atoms with Gasteiger partial charge in [-0.1, -0.05) is 42.5 Å². The normalized spacial score (nSPS) is 27.8. The molecule has 4 rings (SSSR count). The van der Waals surface area contributed by atoms with Crippen LogP contribution < -0.4 is 0 Å². The molecular formula is C16H14O2. The van der Waals surface area contributed by atoms with Crippen LogP contribution in [-0.2, 0) is 12.0 Å². The highest BCUT2D eigenvalue weighted by molar-refractivity contribution is 5.82. The largest absolute Gasteiger partial charge is 0.389 e. The van der Waals surface area contributed by atoms with Crippen LogP contribution in [0, 0.1) is 0 Å². The molecule has 2 aromatic rings. The molecule has 0 radical (unpaired) electrons. The van der Waals surface area contributed by atoms with E-state index in [1.54, 1.807) is 0 Å². The molecule has 2 atom stereocenters. The van der Waals surface area contributed by atoms with Crippen molar-refractivity contribution in [3.63, 3.8) is 0 Å². The molecule has 0 spiro atoms. The van der Waals surface area contributed by atoms with Gasteiger partial charge in [-0.2, -0.15) is 0 Å². The van der Waals surface area contributed by atoms with E-state index in [1.807, 2.05) is 36.4 Å². The molecule has 0 saturated heterocycles. The van der Waals surface area contributed by atoms with Crippen LogP contribution in [0.5, 0.6) is 0 Å². The Morgan fingerprint density at radius 1 is 1.00 bits per heavy atom. The monoisotopic (exact) mass is 238 g/mol. The Hall–Kier alpha value is -1.64. The van der Waals surface area contributed by atoms with E-state index in [0.29, 0.717) is 6.42 Å². The Labute approximate surface area is 106 Å². The van der Waals surface area contributed by atoms with Crippen LogP contribution in [0.3, 0.4) is 0 Å². The van der Waals surface area contributed by atoms with Gasteiger partial charge in [0, 0.05) is 5.56 Å². The minimum absolute atomic E-state index is 0.612. The van der Waals surface area contributed by atoms with Gasteiger partial charge in [-0.3, -0.25) is 0 Å². The number of aliphatic hydroxyl groups excluding tert-OH is 1. The summed E-state index contributed by atoms with van der Waals surface area (Å²) in [6.45, 7) is 0. The number of hydrogen-bond acceptors (Lipinski definition) is 2. The van der Waals surface area contributed by atoms with Crippen LogP contribution in [0.15, 0.2) is 42.5 Å². The summed E-state index contributed by atoms with van der Waals surface area (Å²) in [6, 6.07) is 14.0. The fraction of sp³-hybridized carbons (Fsp3) is 0.250. The van der Waals surface area contributed by atoms with Crippen LogP contribution in [0.1, 0.15) is 23.1 Å². The van der Waals surface area contributed by atoms with Crippen LogP contribution in [0.4, 0.5) is 0 Å². The second kappa shape index (κ2) is 3.22. The maximum Gasteiger partial charge on any atom is 0.142 e. The summed E-state index contributed by atoms with van der Waals surface area (Å²) in [4.78, 5) is 0. The Morgan fingerprint density at radius 3 is 2.67 bits per heavy atom. The molecule has 0 aliphatic heterocycles. The van der Waals surface area contributed by atoms with E-state index in [2.05, 4.69) is 6.07 Å². The summed E-state index contributed by atoms with van der Waals surface area (Å²) >= 11 is 0. The van der Waals surface area contributed by atoms with Crippen molar-refractivity contribution in [1.29, 1.82) is 0 Å². The average Bonchev–Trinajstić information content (AvgIpc) is 2.68. The minimum atomic E-state index is -1.21. The second-order valence-electron chi connectivity index (χ2n) is 5.21. The Kier molecular flexibility index (Phi) is 1.84. The molecule has 2 N–H and O–H groups in total. The third kappa shape index (κ3) is 1.01. The van der Waals surface area contributed by atoms with Gasteiger partial charge in [-0.05, 0) is 35.1 Å². The molecule has 0 bridgehead atoms. The lowest BCUT2D eigenvalue weighted by atomic mass is 9.76.